The molecule has 3 heterocycles. The number of hydrogen-bond donors (Lipinski definition) is 1. The molecule has 1 saturated heterocycles. The molecule has 0 bridgehead atoms. The minimum Gasteiger partial charge on any atom is -0.394 e. The van der Waals surface area contributed by atoms with Crippen LogP contribution in [-0.2, 0) is 4.74 Å². The summed E-state index contributed by atoms with van der Waals surface area (Å²) in [7, 11) is 0. The van der Waals surface area contributed by atoms with Gasteiger partial charge in [0.05, 0.1) is 18.1 Å². The monoisotopic (exact) mass is 267 g/mol. The molecule has 96 valence electrons. The third-order valence-electron chi connectivity index (χ3n) is 3.35. The number of aryl methyl sites for hydroxylation is 1. The van der Waals surface area contributed by atoms with E-state index in [1.807, 2.05) is 17.6 Å². The van der Waals surface area contributed by atoms with Gasteiger partial charge in [-0.25, -0.2) is 9.97 Å². The quantitative estimate of drug-likeness (QED) is 0.846. The first-order chi connectivity index (χ1) is 8.70. The molecule has 1 aliphatic heterocycles. The molecule has 6 heteroatoms. The second-order valence-corrected chi connectivity index (χ2v) is 4.89. The Labute approximate surface area is 109 Å². The Morgan fingerprint density at radius 1 is 1.50 bits per heavy atom. The van der Waals surface area contributed by atoms with Crippen LogP contribution >= 0.6 is 11.6 Å². The molecule has 2 atom stereocenters. The molecule has 1 N–H and O–H groups in total. The number of aromatic nitrogens is 3. The van der Waals surface area contributed by atoms with E-state index in [-0.39, 0.29) is 18.9 Å². The van der Waals surface area contributed by atoms with E-state index in [4.69, 9.17) is 21.4 Å². The summed E-state index contributed by atoms with van der Waals surface area (Å²) in [5, 5.41) is 10.4. The van der Waals surface area contributed by atoms with Gasteiger partial charge in [0.15, 0.2) is 0 Å². The number of ether oxygens (including phenoxy) is 1. The van der Waals surface area contributed by atoms with Gasteiger partial charge in [-0.15, -0.1) is 0 Å². The molecule has 0 radical (unpaired) electrons. The molecular weight excluding hydrogens is 254 g/mol. The van der Waals surface area contributed by atoms with E-state index in [0.717, 1.165) is 29.6 Å². The number of aliphatic hydroxyl groups excluding tert-OH is 1. The average molecular weight is 268 g/mol. The fourth-order valence-corrected chi connectivity index (χ4v) is 2.68. The van der Waals surface area contributed by atoms with E-state index in [1.165, 1.54) is 6.33 Å². The maximum atomic E-state index is 9.13. The molecule has 0 aliphatic carbocycles. The summed E-state index contributed by atoms with van der Waals surface area (Å²) < 4.78 is 7.82. The van der Waals surface area contributed by atoms with Crippen LogP contribution in [0.3, 0.4) is 0 Å². The van der Waals surface area contributed by atoms with Crippen LogP contribution in [0.15, 0.2) is 12.4 Å². The van der Waals surface area contributed by atoms with E-state index < -0.39 is 0 Å². The van der Waals surface area contributed by atoms with Gasteiger partial charge in [0, 0.05) is 5.69 Å². The highest BCUT2D eigenvalue weighted by Crippen LogP contribution is 2.33. The van der Waals surface area contributed by atoms with Crippen LogP contribution in [0.4, 0.5) is 0 Å². The lowest BCUT2D eigenvalue weighted by molar-refractivity contribution is -0.0212. The van der Waals surface area contributed by atoms with Crippen LogP contribution < -0.4 is 0 Å². The predicted octanol–water partition coefficient (Wildman–Crippen LogP) is 2.06. The van der Waals surface area contributed by atoms with Crippen LogP contribution in [-0.4, -0.2) is 32.4 Å². The standard InChI is InChI=1S/C12H14ClN3O2/c1-7-4-9-11(13)14-6-15-12(9)16(7)10-3-2-8(5-17)18-10/h4,6,8,10,17H,2-3,5H2,1H3. The molecule has 2 aromatic heterocycles. The SMILES string of the molecule is Cc1cc2c(Cl)ncnc2n1C1CCC(CO)O1. The highest BCUT2D eigenvalue weighted by molar-refractivity contribution is 6.33. The first-order valence-corrected chi connectivity index (χ1v) is 6.33. The lowest BCUT2D eigenvalue weighted by Crippen LogP contribution is -2.15. The van der Waals surface area contributed by atoms with Gasteiger partial charge in [0.25, 0.3) is 0 Å². The van der Waals surface area contributed by atoms with Crippen molar-refractivity contribution in [1.29, 1.82) is 0 Å². The average Bonchev–Trinajstić information content (AvgIpc) is 2.93. The van der Waals surface area contributed by atoms with Crippen LogP contribution in [0.2, 0.25) is 5.15 Å². The Hall–Kier alpha value is -1.17. The smallest absolute Gasteiger partial charge is 0.147 e. The molecule has 0 saturated carbocycles. The van der Waals surface area contributed by atoms with E-state index in [2.05, 4.69) is 9.97 Å². The van der Waals surface area contributed by atoms with E-state index in [0.29, 0.717) is 5.15 Å². The highest BCUT2D eigenvalue weighted by atomic mass is 35.5. The first kappa shape index (κ1) is 11.9. The zero-order valence-corrected chi connectivity index (χ0v) is 10.8. The van der Waals surface area contributed by atoms with Gasteiger partial charge in [0.2, 0.25) is 0 Å². The molecular formula is C12H14ClN3O2. The van der Waals surface area contributed by atoms with Crippen molar-refractivity contribution in [3.8, 4) is 0 Å². The lowest BCUT2D eigenvalue weighted by Gasteiger charge is -2.16. The van der Waals surface area contributed by atoms with E-state index in [9.17, 15) is 0 Å². The summed E-state index contributed by atoms with van der Waals surface area (Å²) in [6, 6.07) is 1.97. The molecule has 5 nitrogen and oxygen atoms in total. The molecule has 0 spiro atoms. The van der Waals surface area contributed by atoms with Gasteiger partial charge >= 0.3 is 0 Å². The van der Waals surface area contributed by atoms with Gasteiger partial charge < -0.3 is 14.4 Å². The van der Waals surface area contributed by atoms with Crippen molar-refractivity contribution < 1.29 is 9.84 Å². The summed E-state index contributed by atoms with van der Waals surface area (Å²) in [5.41, 5.74) is 1.83. The maximum absolute atomic E-state index is 9.13. The Morgan fingerprint density at radius 3 is 3.06 bits per heavy atom. The summed E-state index contributed by atoms with van der Waals surface area (Å²) in [5.74, 6) is 0. The normalized spacial score (nSPS) is 23.9. The van der Waals surface area contributed by atoms with E-state index >= 15 is 0 Å². The van der Waals surface area contributed by atoms with Gasteiger partial charge in [-0.05, 0) is 25.8 Å². The van der Waals surface area contributed by atoms with Gasteiger partial charge in [-0.2, -0.15) is 0 Å². The minimum absolute atomic E-state index is 0.0600. The van der Waals surface area contributed by atoms with Crippen molar-refractivity contribution in [2.24, 2.45) is 0 Å². The van der Waals surface area contributed by atoms with Gasteiger partial charge in [0.1, 0.15) is 23.4 Å². The largest absolute Gasteiger partial charge is 0.394 e. The van der Waals surface area contributed by atoms with Crippen LogP contribution in [0.5, 0.6) is 0 Å². The van der Waals surface area contributed by atoms with Crippen LogP contribution in [0.25, 0.3) is 11.0 Å². The summed E-state index contributed by atoms with van der Waals surface area (Å²) in [6.45, 7) is 2.05. The molecule has 3 rings (SSSR count). The van der Waals surface area contributed by atoms with Crippen molar-refractivity contribution in [1.82, 2.24) is 14.5 Å². The Bertz CT molecular complexity index is 584. The molecule has 1 fully saturated rings. The fourth-order valence-electron chi connectivity index (χ4n) is 2.50. The summed E-state index contributed by atoms with van der Waals surface area (Å²) in [4.78, 5) is 8.26. The van der Waals surface area contributed by atoms with Crippen molar-refractivity contribution in [3.63, 3.8) is 0 Å². The zero-order valence-electron chi connectivity index (χ0n) is 10.0. The number of hydrogen-bond acceptors (Lipinski definition) is 4. The second kappa shape index (κ2) is 4.50. The molecule has 2 unspecified atom stereocenters. The Balaban J connectivity index is 2.07. The molecule has 0 aromatic carbocycles. The molecule has 1 aliphatic rings. The summed E-state index contributed by atoms with van der Waals surface area (Å²) >= 11 is 6.06. The molecule has 0 amide bonds. The van der Waals surface area contributed by atoms with Crippen molar-refractivity contribution in [3.05, 3.63) is 23.2 Å². The third kappa shape index (κ3) is 1.79. The van der Waals surface area contributed by atoms with Crippen molar-refractivity contribution >= 4 is 22.6 Å². The Kier molecular flexibility index (Phi) is 2.97. The predicted molar refractivity (Wildman–Crippen MR) is 67.5 cm³/mol. The first-order valence-electron chi connectivity index (χ1n) is 5.95. The zero-order chi connectivity index (χ0) is 12.7. The topological polar surface area (TPSA) is 60.2 Å². The van der Waals surface area contributed by atoms with Crippen molar-refractivity contribution in [2.75, 3.05) is 6.61 Å². The summed E-state index contributed by atoms with van der Waals surface area (Å²) in [6.07, 6.45) is 3.03. The second-order valence-electron chi connectivity index (χ2n) is 4.53. The maximum Gasteiger partial charge on any atom is 0.147 e. The molecule has 2 aromatic rings. The number of fused-ring (bicyclic) bond motifs is 1. The lowest BCUT2D eigenvalue weighted by atomic mass is 10.2. The highest BCUT2D eigenvalue weighted by Gasteiger charge is 2.28. The Morgan fingerprint density at radius 2 is 2.33 bits per heavy atom. The van der Waals surface area contributed by atoms with Crippen LogP contribution in [0.1, 0.15) is 24.8 Å². The third-order valence-corrected chi connectivity index (χ3v) is 3.65. The number of nitrogens with zero attached hydrogens (tertiary/aromatic N) is 3. The van der Waals surface area contributed by atoms with Gasteiger partial charge in [-0.1, -0.05) is 11.6 Å². The number of aliphatic hydroxyl groups is 1. The van der Waals surface area contributed by atoms with Crippen molar-refractivity contribution in [2.45, 2.75) is 32.1 Å². The van der Waals surface area contributed by atoms with Crippen LogP contribution in [0, 0.1) is 6.92 Å². The fraction of sp³-hybridized carbons (Fsp3) is 0.500. The van der Waals surface area contributed by atoms with E-state index in [1.54, 1.807) is 0 Å². The molecule has 18 heavy (non-hydrogen) atoms. The number of rotatable bonds is 2. The number of halogens is 1. The minimum atomic E-state index is -0.0795. The van der Waals surface area contributed by atoms with Gasteiger partial charge in [-0.3, -0.25) is 0 Å².